The topological polar surface area (TPSA) is 75.9 Å². The zero-order valence-corrected chi connectivity index (χ0v) is 23.0. The largest absolute Gasteiger partial charge is 0.416 e. The number of hydrogen-bond donors (Lipinski definition) is 1. The first-order valence-corrected chi connectivity index (χ1v) is 14.1. The number of alkyl halides is 3. The van der Waals surface area contributed by atoms with E-state index in [2.05, 4.69) is 15.1 Å². The first-order valence-electron chi connectivity index (χ1n) is 14.1. The standard InChI is InChI=1S/C30H34F3N5O3/c1-36-19-34-35-26(36)11-29(17-41-18-29)21-4-2-5-22(10-21)38-13-24-23(27(38)39)8-20(9-25(24)30(31,32)33)12-37-7-3-6-28(14-37)15-40-16-28/h2,4-5,8-10,19,27,39H,3,6-7,11-18H2,1H3. The number of ether oxygens (including phenoxy) is 2. The molecule has 41 heavy (non-hydrogen) atoms. The Morgan fingerprint density at radius 1 is 1.10 bits per heavy atom. The molecule has 3 saturated heterocycles. The molecule has 4 aliphatic rings. The van der Waals surface area contributed by atoms with E-state index >= 15 is 0 Å². The van der Waals surface area contributed by atoms with E-state index in [1.54, 1.807) is 17.3 Å². The number of rotatable bonds is 6. The van der Waals surface area contributed by atoms with Crippen LogP contribution in [0.4, 0.5) is 18.9 Å². The second-order valence-electron chi connectivity index (χ2n) is 12.4. The third kappa shape index (κ3) is 4.72. The maximum atomic E-state index is 14.4. The predicted molar refractivity (Wildman–Crippen MR) is 144 cm³/mol. The molecule has 1 atom stereocenters. The fourth-order valence-electron chi connectivity index (χ4n) is 7.00. The van der Waals surface area contributed by atoms with Gasteiger partial charge in [-0.1, -0.05) is 12.1 Å². The molecule has 8 nitrogen and oxygen atoms in total. The first-order chi connectivity index (χ1) is 19.6. The summed E-state index contributed by atoms with van der Waals surface area (Å²) in [6.07, 6.45) is -1.31. The highest BCUT2D eigenvalue weighted by molar-refractivity contribution is 5.58. The smallest absolute Gasteiger partial charge is 0.380 e. The Labute approximate surface area is 236 Å². The van der Waals surface area contributed by atoms with Crippen LogP contribution in [0.25, 0.3) is 0 Å². The van der Waals surface area contributed by atoms with E-state index in [1.807, 2.05) is 35.9 Å². The van der Waals surface area contributed by atoms with Crippen LogP contribution in [0.3, 0.4) is 0 Å². The number of anilines is 1. The molecule has 1 spiro atoms. The summed E-state index contributed by atoms with van der Waals surface area (Å²) in [4.78, 5) is 3.89. The van der Waals surface area contributed by atoms with Crippen molar-refractivity contribution in [3.63, 3.8) is 0 Å². The number of nitrogens with zero attached hydrogens (tertiary/aromatic N) is 5. The number of aliphatic hydroxyl groups excluding tert-OH is 1. The van der Waals surface area contributed by atoms with Gasteiger partial charge in [0.05, 0.1) is 32.0 Å². The van der Waals surface area contributed by atoms with Crippen molar-refractivity contribution in [1.82, 2.24) is 19.7 Å². The number of halogens is 3. The molecule has 0 amide bonds. The highest BCUT2D eigenvalue weighted by Gasteiger charge is 2.45. The van der Waals surface area contributed by atoms with E-state index in [0.717, 1.165) is 50.5 Å². The number of piperidine rings is 1. The number of hydrogen-bond acceptors (Lipinski definition) is 7. The third-order valence-corrected chi connectivity index (χ3v) is 9.36. The summed E-state index contributed by atoms with van der Waals surface area (Å²) >= 11 is 0. The summed E-state index contributed by atoms with van der Waals surface area (Å²) in [5.41, 5.74) is 1.90. The predicted octanol–water partition coefficient (Wildman–Crippen LogP) is 3.97. The molecule has 5 heterocycles. The van der Waals surface area contributed by atoms with Crippen molar-refractivity contribution >= 4 is 5.69 Å². The molecular formula is C30H34F3N5O3. The lowest BCUT2D eigenvalue weighted by molar-refractivity contribution is -0.145. The van der Waals surface area contributed by atoms with Crippen LogP contribution < -0.4 is 4.90 Å². The van der Waals surface area contributed by atoms with Crippen LogP contribution in [0.15, 0.2) is 42.7 Å². The van der Waals surface area contributed by atoms with E-state index < -0.39 is 18.0 Å². The molecule has 1 aromatic heterocycles. The van der Waals surface area contributed by atoms with Crippen LogP contribution in [0.1, 0.15) is 52.7 Å². The molecule has 0 aliphatic carbocycles. The van der Waals surface area contributed by atoms with Gasteiger partial charge in [0.1, 0.15) is 12.2 Å². The SMILES string of the molecule is Cn1cnnc1CC1(c2cccc(N3Cc4c(cc(CN5CCCC6(COC6)C5)cc4C(F)(F)F)C3O)c2)COC1. The zero-order chi connectivity index (χ0) is 28.4. The van der Waals surface area contributed by atoms with Crippen molar-refractivity contribution in [1.29, 1.82) is 0 Å². The van der Waals surface area contributed by atoms with E-state index in [1.165, 1.54) is 6.07 Å². The summed E-state index contributed by atoms with van der Waals surface area (Å²) in [6, 6.07) is 10.8. The maximum absolute atomic E-state index is 14.4. The highest BCUT2D eigenvalue weighted by atomic mass is 19.4. The van der Waals surface area contributed by atoms with Crippen molar-refractivity contribution in [2.24, 2.45) is 12.5 Å². The molecule has 0 bridgehead atoms. The van der Waals surface area contributed by atoms with Crippen molar-refractivity contribution in [3.8, 4) is 0 Å². The lowest BCUT2D eigenvalue weighted by Gasteiger charge is -2.48. The van der Waals surface area contributed by atoms with Gasteiger partial charge in [0, 0.05) is 55.2 Å². The van der Waals surface area contributed by atoms with Gasteiger partial charge in [-0.3, -0.25) is 4.90 Å². The van der Waals surface area contributed by atoms with Crippen LogP contribution in [0.2, 0.25) is 0 Å². The minimum atomic E-state index is -4.52. The molecular weight excluding hydrogens is 535 g/mol. The third-order valence-electron chi connectivity index (χ3n) is 9.36. The number of aromatic nitrogens is 3. The Morgan fingerprint density at radius 3 is 2.56 bits per heavy atom. The Hall–Kier alpha value is -2.99. The van der Waals surface area contributed by atoms with Gasteiger partial charge in [-0.05, 0) is 60.3 Å². The second kappa shape index (κ2) is 9.79. The summed E-state index contributed by atoms with van der Waals surface area (Å²) in [6.45, 7) is 4.54. The number of aliphatic hydroxyl groups is 1. The number of aryl methyl sites for hydroxylation is 1. The molecule has 218 valence electrons. The average Bonchev–Trinajstić information content (AvgIpc) is 3.46. The van der Waals surface area contributed by atoms with Crippen LogP contribution in [0, 0.1) is 5.41 Å². The fourth-order valence-corrected chi connectivity index (χ4v) is 7.00. The number of benzene rings is 2. The van der Waals surface area contributed by atoms with Gasteiger partial charge in [0.25, 0.3) is 0 Å². The van der Waals surface area contributed by atoms with Crippen molar-refractivity contribution in [3.05, 3.63) is 76.4 Å². The Bertz CT molecular complexity index is 1450. The molecule has 3 aromatic rings. The van der Waals surface area contributed by atoms with Crippen LogP contribution >= 0.6 is 0 Å². The highest BCUT2D eigenvalue weighted by Crippen LogP contribution is 2.45. The molecule has 7 rings (SSSR count). The Balaban J connectivity index is 1.17. The molecule has 0 saturated carbocycles. The molecule has 3 fully saturated rings. The summed E-state index contributed by atoms with van der Waals surface area (Å²) in [7, 11) is 1.90. The summed E-state index contributed by atoms with van der Waals surface area (Å²) in [5, 5.41) is 19.7. The van der Waals surface area contributed by atoms with Gasteiger partial charge in [0.2, 0.25) is 0 Å². The number of fused-ring (bicyclic) bond motifs is 1. The molecule has 4 aliphatic heterocycles. The lowest BCUT2D eigenvalue weighted by Crippen LogP contribution is -2.53. The molecule has 2 aromatic carbocycles. The van der Waals surface area contributed by atoms with Gasteiger partial charge in [-0.15, -0.1) is 10.2 Å². The van der Waals surface area contributed by atoms with Crippen LogP contribution in [0.5, 0.6) is 0 Å². The van der Waals surface area contributed by atoms with E-state index in [0.29, 0.717) is 43.0 Å². The number of likely N-dealkylation sites (tertiary alicyclic amines) is 1. The average molecular weight is 570 g/mol. The van der Waals surface area contributed by atoms with E-state index in [4.69, 9.17) is 9.47 Å². The van der Waals surface area contributed by atoms with E-state index in [-0.39, 0.29) is 22.9 Å². The molecule has 1 N–H and O–H groups in total. The van der Waals surface area contributed by atoms with Gasteiger partial charge in [0.15, 0.2) is 6.23 Å². The normalized spacial score (nSPS) is 23.3. The molecule has 1 unspecified atom stereocenters. The Morgan fingerprint density at radius 2 is 1.90 bits per heavy atom. The molecule has 11 heteroatoms. The second-order valence-corrected chi connectivity index (χ2v) is 12.4. The zero-order valence-electron chi connectivity index (χ0n) is 23.0. The molecule has 0 radical (unpaired) electrons. The minimum Gasteiger partial charge on any atom is -0.380 e. The van der Waals surface area contributed by atoms with Crippen LogP contribution in [-0.2, 0) is 47.6 Å². The van der Waals surface area contributed by atoms with E-state index in [9.17, 15) is 18.3 Å². The minimum absolute atomic E-state index is 0.0218. The maximum Gasteiger partial charge on any atom is 0.416 e. The summed E-state index contributed by atoms with van der Waals surface area (Å²) in [5.74, 6) is 0.833. The van der Waals surface area contributed by atoms with Crippen molar-refractivity contribution in [2.75, 3.05) is 44.4 Å². The first kappa shape index (κ1) is 26.9. The Kier molecular flexibility index (Phi) is 6.42. The van der Waals surface area contributed by atoms with Crippen LogP contribution in [-0.4, -0.2) is 64.3 Å². The van der Waals surface area contributed by atoms with Gasteiger partial charge in [-0.2, -0.15) is 13.2 Å². The fraction of sp³-hybridized carbons (Fsp3) is 0.533. The van der Waals surface area contributed by atoms with Crippen molar-refractivity contribution < 1.29 is 27.8 Å². The lowest BCUT2D eigenvalue weighted by atomic mass is 9.75. The van der Waals surface area contributed by atoms with Gasteiger partial charge >= 0.3 is 6.18 Å². The summed E-state index contributed by atoms with van der Waals surface area (Å²) < 4.78 is 56.1. The van der Waals surface area contributed by atoms with Gasteiger partial charge in [-0.25, -0.2) is 0 Å². The monoisotopic (exact) mass is 569 g/mol. The van der Waals surface area contributed by atoms with Crippen molar-refractivity contribution in [2.45, 2.75) is 50.2 Å². The quantitative estimate of drug-likeness (QED) is 0.482. The van der Waals surface area contributed by atoms with Gasteiger partial charge < -0.3 is 24.0 Å².